The maximum Gasteiger partial charge on any atom is 0.309 e. The number of hydrogen-bond donors (Lipinski definition) is 1. The number of piperidine rings is 1. The molecule has 2 fully saturated rings. The number of carboxylic acids is 1. The van der Waals surface area contributed by atoms with Gasteiger partial charge in [0.1, 0.15) is 0 Å². The van der Waals surface area contributed by atoms with E-state index in [0.29, 0.717) is 6.54 Å². The van der Waals surface area contributed by atoms with E-state index in [1.807, 2.05) is 4.90 Å². The van der Waals surface area contributed by atoms with Crippen LogP contribution in [0.4, 0.5) is 0 Å². The molecule has 1 atom stereocenters. The second-order valence-electron chi connectivity index (χ2n) is 6.28. The van der Waals surface area contributed by atoms with Crippen molar-refractivity contribution in [2.45, 2.75) is 46.0 Å². The third kappa shape index (κ3) is 2.38. The molecule has 4 heteroatoms. The molecule has 0 aromatic carbocycles. The summed E-state index contributed by atoms with van der Waals surface area (Å²) in [6, 6.07) is 0. The van der Waals surface area contributed by atoms with Crippen LogP contribution in [0.2, 0.25) is 0 Å². The van der Waals surface area contributed by atoms with Crippen molar-refractivity contribution in [3.63, 3.8) is 0 Å². The first-order chi connectivity index (χ1) is 8.43. The third-order valence-corrected chi connectivity index (χ3v) is 4.76. The number of hydrogen-bond acceptors (Lipinski definition) is 2. The van der Waals surface area contributed by atoms with Gasteiger partial charge in [0.2, 0.25) is 5.91 Å². The minimum atomic E-state index is -0.759. The van der Waals surface area contributed by atoms with E-state index < -0.39 is 11.4 Å². The molecule has 0 bridgehead atoms. The monoisotopic (exact) mass is 253 g/mol. The second kappa shape index (κ2) is 4.90. The molecule has 4 nitrogen and oxygen atoms in total. The Balaban J connectivity index is 1.99. The molecule has 1 aliphatic carbocycles. The second-order valence-corrected chi connectivity index (χ2v) is 6.28. The molecule has 0 aromatic rings. The van der Waals surface area contributed by atoms with Crippen molar-refractivity contribution in [2.24, 2.45) is 17.3 Å². The Morgan fingerprint density at radius 3 is 2.33 bits per heavy atom. The number of aliphatic carboxylic acids is 1. The number of carboxylic acid groups (broad SMARTS) is 1. The van der Waals surface area contributed by atoms with Gasteiger partial charge in [-0.2, -0.15) is 0 Å². The highest BCUT2D eigenvalue weighted by Gasteiger charge is 2.41. The van der Waals surface area contributed by atoms with Crippen molar-refractivity contribution in [1.82, 2.24) is 4.90 Å². The molecule has 0 unspecified atom stereocenters. The van der Waals surface area contributed by atoms with E-state index >= 15 is 0 Å². The number of likely N-dealkylation sites (tertiary alicyclic amines) is 1. The molecule has 0 radical (unpaired) electrons. The molecule has 1 saturated heterocycles. The zero-order valence-electron chi connectivity index (χ0n) is 11.3. The Hall–Kier alpha value is -1.06. The van der Waals surface area contributed by atoms with Crippen LogP contribution in [-0.2, 0) is 9.59 Å². The predicted molar refractivity (Wildman–Crippen MR) is 68.1 cm³/mol. The highest BCUT2D eigenvalue weighted by atomic mass is 16.4. The average Bonchev–Trinajstić information content (AvgIpc) is 2.26. The Morgan fingerprint density at radius 1 is 1.17 bits per heavy atom. The summed E-state index contributed by atoms with van der Waals surface area (Å²) in [5.41, 5.74) is -0.738. The lowest BCUT2D eigenvalue weighted by Crippen LogP contribution is -2.49. The van der Waals surface area contributed by atoms with Crippen LogP contribution in [0.3, 0.4) is 0 Å². The van der Waals surface area contributed by atoms with Gasteiger partial charge in [0.05, 0.1) is 5.41 Å². The third-order valence-electron chi connectivity index (χ3n) is 4.76. The van der Waals surface area contributed by atoms with Gasteiger partial charge in [-0.05, 0) is 45.4 Å². The quantitative estimate of drug-likeness (QED) is 0.838. The molecule has 1 heterocycles. The Bertz CT molecular complexity index is 347. The van der Waals surface area contributed by atoms with E-state index in [1.54, 1.807) is 13.8 Å². The van der Waals surface area contributed by atoms with Crippen LogP contribution in [0.25, 0.3) is 0 Å². The van der Waals surface area contributed by atoms with Crippen LogP contribution in [0.5, 0.6) is 0 Å². The van der Waals surface area contributed by atoms with Gasteiger partial charge in [-0.25, -0.2) is 0 Å². The normalized spacial score (nSPS) is 25.7. The maximum absolute atomic E-state index is 12.2. The van der Waals surface area contributed by atoms with Gasteiger partial charge in [-0.15, -0.1) is 0 Å². The minimum Gasteiger partial charge on any atom is -0.481 e. The summed E-state index contributed by atoms with van der Waals surface area (Å²) in [6.07, 6.45) is 5.03. The molecule has 2 rings (SSSR count). The molecular weight excluding hydrogens is 230 g/mol. The summed E-state index contributed by atoms with van der Waals surface area (Å²) < 4.78 is 0. The van der Waals surface area contributed by atoms with E-state index in [-0.39, 0.29) is 17.7 Å². The SMILES string of the molecule is CC(C)(C(=O)O)[C@@H]1CCCN(C(=O)C2CCC2)C1. The zero-order valence-corrected chi connectivity index (χ0v) is 11.3. The van der Waals surface area contributed by atoms with Crippen LogP contribution < -0.4 is 0 Å². The Kier molecular flexibility index (Phi) is 3.64. The van der Waals surface area contributed by atoms with E-state index in [4.69, 9.17) is 0 Å². The van der Waals surface area contributed by atoms with Crippen molar-refractivity contribution in [3.05, 3.63) is 0 Å². The minimum absolute atomic E-state index is 0.0766. The standard InChI is InChI=1S/C14H23NO3/c1-14(2,13(17)18)11-7-4-8-15(9-11)12(16)10-5-3-6-10/h10-11H,3-9H2,1-2H3,(H,17,18)/t11-/m1/s1. The lowest BCUT2D eigenvalue weighted by Gasteiger charge is -2.41. The lowest BCUT2D eigenvalue weighted by molar-refractivity contribution is -0.154. The Morgan fingerprint density at radius 2 is 1.83 bits per heavy atom. The molecule has 2 aliphatic rings. The van der Waals surface area contributed by atoms with Gasteiger partial charge >= 0.3 is 5.97 Å². The number of carbonyl (C=O) groups is 2. The van der Waals surface area contributed by atoms with Crippen molar-refractivity contribution in [3.8, 4) is 0 Å². The van der Waals surface area contributed by atoms with Crippen molar-refractivity contribution in [1.29, 1.82) is 0 Å². The van der Waals surface area contributed by atoms with Gasteiger partial charge in [0, 0.05) is 19.0 Å². The first-order valence-corrected chi connectivity index (χ1v) is 6.95. The van der Waals surface area contributed by atoms with Gasteiger partial charge in [-0.1, -0.05) is 6.42 Å². The predicted octanol–water partition coefficient (Wildman–Crippen LogP) is 2.14. The van der Waals surface area contributed by atoms with Gasteiger partial charge in [-0.3, -0.25) is 9.59 Å². The lowest BCUT2D eigenvalue weighted by atomic mass is 9.74. The van der Waals surface area contributed by atoms with Crippen molar-refractivity contribution >= 4 is 11.9 Å². The van der Waals surface area contributed by atoms with E-state index in [0.717, 1.165) is 38.6 Å². The number of rotatable bonds is 3. The first kappa shape index (κ1) is 13.4. The Labute approximate surface area is 108 Å². The van der Waals surface area contributed by atoms with Crippen LogP contribution in [-0.4, -0.2) is 35.0 Å². The summed E-state index contributed by atoms with van der Waals surface area (Å²) in [5.74, 6) is -0.206. The van der Waals surface area contributed by atoms with Crippen LogP contribution in [0.15, 0.2) is 0 Å². The molecule has 102 valence electrons. The summed E-state index contributed by atoms with van der Waals surface area (Å²) in [6.45, 7) is 4.98. The highest BCUT2D eigenvalue weighted by Crippen LogP contribution is 2.36. The van der Waals surface area contributed by atoms with Gasteiger partial charge in [0.25, 0.3) is 0 Å². The van der Waals surface area contributed by atoms with Gasteiger partial charge in [0.15, 0.2) is 0 Å². The van der Waals surface area contributed by atoms with Crippen molar-refractivity contribution < 1.29 is 14.7 Å². The fraction of sp³-hybridized carbons (Fsp3) is 0.857. The first-order valence-electron chi connectivity index (χ1n) is 6.95. The summed E-state index contributed by atoms with van der Waals surface area (Å²) in [4.78, 5) is 25.4. The topological polar surface area (TPSA) is 57.6 Å². The molecule has 1 amide bonds. The molecule has 0 spiro atoms. The van der Waals surface area contributed by atoms with Crippen LogP contribution in [0.1, 0.15) is 46.0 Å². The molecule has 0 aromatic heterocycles. The van der Waals surface area contributed by atoms with Crippen molar-refractivity contribution in [2.75, 3.05) is 13.1 Å². The summed E-state index contributed by atoms with van der Waals surface area (Å²) >= 11 is 0. The number of carbonyl (C=O) groups excluding carboxylic acids is 1. The van der Waals surface area contributed by atoms with E-state index in [9.17, 15) is 14.7 Å². The van der Waals surface area contributed by atoms with Crippen LogP contribution >= 0.6 is 0 Å². The fourth-order valence-electron chi connectivity index (χ4n) is 2.85. The molecule has 18 heavy (non-hydrogen) atoms. The summed E-state index contributed by atoms with van der Waals surface area (Å²) in [5, 5.41) is 9.28. The number of amides is 1. The molecule has 1 saturated carbocycles. The zero-order chi connectivity index (χ0) is 13.3. The average molecular weight is 253 g/mol. The highest BCUT2D eigenvalue weighted by molar-refractivity contribution is 5.80. The molecule has 1 aliphatic heterocycles. The van der Waals surface area contributed by atoms with Crippen LogP contribution in [0, 0.1) is 17.3 Å². The van der Waals surface area contributed by atoms with E-state index in [1.165, 1.54) is 0 Å². The largest absolute Gasteiger partial charge is 0.481 e. The molecule has 1 N–H and O–H groups in total. The van der Waals surface area contributed by atoms with E-state index in [2.05, 4.69) is 0 Å². The molecular formula is C14H23NO3. The smallest absolute Gasteiger partial charge is 0.309 e. The van der Waals surface area contributed by atoms with Gasteiger partial charge < -0.3 is 10.0 Å². The maximum atomic E-state index is 12.2. The fourth-order valence-corrected chi connectivity index (χ4v) is 2.85. The summed E-state index contributed by atoms with van der Waals surface area (Å²) in [7, 11) is 0. The number of nitrogens with zero attached hydrogens (tertiary/aromatic N) is 1.